The number of β-lactam (4-membered cyclic amide) rings is 1. The summed E-state index contributed by atoms with van der Waals surface area (Å²) < 4.78 is 26.7. The predicted molar refractivity (Wildman–Crippen MR) is 112 cm³/mol. The molecule has 4 N–H and O–H groups in total. The van der Waals surface area contributed by atoms with Crippen LogP contribution in [0.3, 0.4) is 0 Å². The van der Waals surface area contributed by atoms with Crippen LogP contribution >= 0.6 is 11.6 Å². The fourth-order valence-electron chi connectivity index (χ4n) is 3.20. The van der Waals surface area contributed by atoms with E-state index in [1.807, 2.05) is 0 Å². The van der Waals surface area contributed by atoms with E-state index in [-0.39, 0.29) is 12.0 Å². The minimum Gasteiger partial charge on any atom is -0.504 e. The average Bonchev–Trinajstić information content (AvgIpc) is 2.73. The molecule has 2 rings (SSSR count). The van der Waals surface area contributed by atoms with Gasteiger partial charge in [-0.2, -0.15) is 0 Å². The third kappa shape index (κ3) is 5.06. The van der Waals surface area contributed by atoms with E-state index in [1.54, 1.807) is 6.92 Å². The van der Waals surface area contributed by atoms with E-state index >= 15 is 0 Å². The number of ether oxygens (including phenoxy) is 1. The number of amides is 3. The van der Waals surface area contributed by atoms with Gasteiger partial charge in [-0.1, -0.05) is 11.6 Å². The highest BCUT2D eigenvalue weighted by Gasteiger charge is 2.53. The van der Waals surface area contributed by atoms with Crippen LogP contribution in [0.15, 0.2) is 12.1 Å². The van der Waals surface area contributed by atoms with Gasteiger partial charge in [-0.3, -0.25) is 15.0 Å². The highest BCUT2D eigenvalue weighted by molar-refractivity contribution is 7.74. The molecule has 0 aliphatic carbocycles. The van der Waals surface area contributed by atoms with Crippen LogP contribution in [0.2, 0.25) is 5.02 Å². The summed E-state index contributed by atoms with van der Waals surface area (Å²) in [5.74, 6) is -4.44. The number of nitrogens with one attached hydrogen (secondary N) is 1. The lowest BCUT2D eigenvalue weighted by atomic mass is 9.92. The van der Waals surface area contributed by atoms with Crippen LogP contribution in [0.25, 0.3) is 0 Å². The van der Waals surface area contributed by atoms with Crippen LogP contribution in [-0.4, -0.2) is 88.0 Å². The summed E-state index contributed by atoms with van der Waals surface area (Å²) in [6, 6.07) is -0.249. The first-order valence-electron chi connectivity index (χ1n) is 9.32. The zero-order valence-electron chi connectivity index (χ0n) is 17.6. The van der Waals surface area contributed by atoms with Crippen LogP contribution in [0, 0.1) is 0 Å². The number of nitrogens with zero attached hydrogens (tertiary/aromatic N) is 2. The number of carboxylic acids is 1. The fourth-order valence-corrected chi connectivity index (χ4v) is 4.05. The Labute approximate surface area is 194 Å². The second kappa shape index (κ2) is 9.70. The summed E-state index contributed by atoms with van der Waals surface area (Å²) >= 11 is 5.79. The van der Waals surface area contributed by atoms with Crippen LogP contribution < -0.4 is 5.43 Å². The number of aromatic hydroxyl groups is 2. The molecule has 3 atom stereocenters. The van der Waals surface area contributed by atoms with Crippen molar-refractivity contribution < 1.29 is 47.7 Å². The van der Waals surface area contributed by atoms with Crippen molar-refractivity contribution in [3.05, 3.63) is 22.7 Å². The minimum atomic E-state index is -3.50. The maximum absolute atomic E-state index is 12.3. The quantitative estimate of drug-likeness (QED) is 0.144. The maximum Gasteiger partial charge on any atom is 0.428 e. The van der Waals surface area contributed by atoms with E-state index < -0.39 is 74.5 Å². The molecular formula is C18H22ClN3O10S. The Morgan fingerprint density at radius 1 is 1.36 bits per heavy atom. The van der Waals surface area contributed by atoms with E-state index in [9.17, 15) is 42.9 Å². The van der Waals surface area contributed by atoms with Crippen molar-refractivity contribution in [2.24, 2.45) is 0 Å². The largest absolute Gasteiger partial charge is 0.504 e. The smallest absolute Gasteiger partial charge is 0.428 e. The lowest BCUT2D eigenvalue weighted by Gasteiger charge is -2.46. The SMILES string of the molecule is C[C@@H]1CC(=O)N1[C@@H](C(=O)O)[C@](C)(COC(=O)N(C)NC(=O)c1ccc(O)c(O)c1Cl)[SH](=O)=O. The zero-order chi connectivity index (χ0) is 25.2. The first-order chi connectivity index (χ1) is 15.2. The number of likely N-dealkylation sites (tertiary alicyclic amines) is 1. The topological polar surface area (TPSA) is 191 Å². The third-order valence-corrected chi connectivity index (χ3v) is 6.71. The maximum atomic E-state index is 12.3. The number of carbonyl (C=O) groups is 4. The van der Waals surface area contributed by atoms with E-state index in [2.05, 4.69) is 5.43 Å². The number of phenolic OH excluding ortho intramolecular Hbond substituents is 2. The molecule has 1 aromatic carbocycles. The summed E-state index contributed by atoms with van der Waals surface area (Å²) in [5, 5.41) is 28.6. The van der Waals surface area contributed by atoms with Crippen molar-refractivity contribution in [2.75, 3.05) is 13.7 Å². The van der Waals surface area contributed by atoms with Crippen molar-refractivity contribution in [1.82, 2.24) is 15.3 Å². The number of carboxylic acid groups (broad SMARTS) is 1. The molecule has 13 nitrogen and oxygen atoms in total. The van der Waals surface area contributed by atoms with Gasteiger partial charge in [-0.15, -0.1) is 0 Å². The van der Waals surface area contributed by atoms with Crippen molar-refractivity contribution in [2.45, 2.75) is 37.1 Å². The molecule has 15 heteroatoms. The van der Waals surface area contributed by atoms with Crippen LogP contribution in [0.5, 0.6) is 11.5 Å². The highest BCUT2D eigenvalue weighted by Crippen LogP contribution is 2.35. The lowest BCUT2D eigenvalue weighted by Crippen LogP contribution is -2.67. The molecule has 1 fully saturated rings. The van der Waals surface area contributed by atoms with Crippen molar-refractivity contribution in [3.63, 3.8) is 0 Å². The molecule has 0 unspecified atom stereocenters. The second-order valence-corrected chi connectivity index (χ2v) is 9.47. The van der Waals surface area contributed by atoms with Crippen molar-refractivity contribution in [1.29, 1.82) is 0 Å². The number of aliphatic carboxylic acids is 1. The van der Waals surface area contributed by atoms with Crippen molar-refractivity contribution in [3.8, 4) is 11.5 Å². The number of carbonyl (C=O) groups excluding carboxylic acids is 3. The number of hydrogen-bond donors (Lipinski definition) is 5. The molecule has 1 aromatic rings. The molecular weight excluding hydrogens is 486 g/mol. The number of thiol groups is 1. The normalized spacial score (nSPS) is 18.2. The van der Waals surface area contributed by atoms with Crippen LogP contribution in [0.1, 0.15) is 30.6 Å². The lowest BCUT2D eigenvalue weighted by molar-refractivity contribution is -0.163. The molecule has 0 aromatic heterocycles. The molecule has 1 saturated heterocycles. The molecule has 182 valence electrons. The molecule has 0 radical (unpaired) electrons. The monoisotopic (exact) mass is 507 g/mol. The Hall–Kier alpha value is -3.26. The number of halogens is 1. The average molecular weight is 508 g/mol. The van der Waals surface area contributed by atoms with Gasteiger partial charge in [0.1, 0.15) is 11.4 Å². The van der Waals surface area contributed by atoms with E-state index in [0.717, 1.165) is 31.0 Å². The van der Waals surface area contributed by atoms with Gasteiger partial charge < -0.3 is 25.0 Å². The van der Waals surface area contributed by atoms with E-state index in [1.165, 1.54) is 0 Å². The highest BCUT2D eigenvalue weighted by atomic mass is 35.5. The van der Waals surface area contributed by atoms with Crippen LogP contribution in [0.4, 0.5) is 4.79 Å². The molecule has 33 heavy (non-hydrogen) atoms. The van der Waals surface area contributed by atoms with Gasteiger partial charge in [0.25, 0.3) is 5.91 Å². The van der Waals surface area contributed by atoms with Gasteiger partial charge in [0, 0.05) is 19.5 Å². The first-order valence-corrected chi connectivity index (χ1v) is 10.9. The van der Waals surface area contributed by atoms with Gasteiger partial charge in [0.05, 0.1) is 10.6 Å². The van der Waals surface area contributed by atoms with Gasteiger partial charge in [-0.05, 0) is 26.0 Å². The van der Waals surface area contributed by atoms with E-state index in [4.69, 9.17) is 16.3 Å². The summed E-state index contributed by atoms with van der Waals surface area (Å²) in [6.45, 7) is 1.65. The minimum absolute atomic E-state index is 0.0550. The second-order valence-electron chi connectivity index (χ2n) is 7.56. The Bertz CT molecular complexity index is 1070. The first kappa shape index (κ1) is 26.0. The zero-order valence-corrected chi connectivity index (χ0v) is 19.3. The van der Waals surface area contributed by atoms with Crippen LogP contribution in [-0.2, 0) is 25.0 Å². The number of benzene rings is 1. The molecule has 1 heterocycles. The molecule has 0 spiro atoms. The molecule has 1 aliphatic heterocycles. The number of phenols is 2. The van der Waals surface area contributed by atoms with Gasteiger partial charge in [-0.25, -0.2) is 23.0 Å². The Morgan fingerprint density at radius 3 is 2.45 bits per heavy atom. The molecule has 3 amide bonds. The summed E-state index contributed by atoms with van der Waals surface area (Å²) in [7, 11) is -2.45. The van der Waals surface area contributed by atoms with Gasteiger partial charge >= 0.3 is 12.1 Å². The third-order valence-electron chi connectivity index (χ3n) is 5.12. The fraction of sp³-hybridized carbons (Fsp3) is 0.444. The Balaban J connectivity index is 2.14. The standard InChI is InChI=1S/C18H22ClN3O10S/c1-8-6-11(24)22(8)14(16(27)28)18(2,33(30)31)7-32-17(29)21(3)20-15(26)9-4-5-10(23)13(25)12(9)19/h4-5,8,14,23,25,33H,6-7H2,1-3H3,(H,20,26)(H,27,28)/t8-,14+,18+/m1/s1. The number of hydrazine groups is 1. The van der Waals surface area contributed by atoms with Gasteiger partial charge in [0.2, 0.25) is 5.91 Å². The number of rotatable bonds is 7. The predicted octanol–water partition coefficient (Wildman–Crippen LogP) is -0.0915. The molecule has 0 bridgehead atoms. The summed E-state index contributed by atoms with van der Waals surface area (Å²) in [6.07, 6.45) is -1.20. The van der Waals surface area contributed by atoms with Crippen molar-refractivity contribution >= 4 is 46.2 Å². The molecule has 1 aliphatic rings. The summed E-state index contributed by atoms with van der Waals surface area (Å²) in [4.78, 5) is 49.2. The Kier molecular flexibility index (Phi) is 7.64. The van der Waals surface area contributed by atoms with Gasteiger partial charge in [0.15, 0.2) is 28.2 Å². The molecule has 0 saturated carbocycles. The Morgan fingerprint density at radius 2 is 1.97 bits per heavy atom. The summed E-state index contributed by atoms with van der Waals surface area (Å²) in [5.41, 5.74) is 1.78. The number of hydrogen-bond acceptors (Lipinski definition) is 9. The van der Waals surface area contributed by atoms with E-state index in [0.29, 0.717) is 5.01 Å².